The zero-order valence-electron chi connectivity index (χ0n) is 8.16. The van der Waals surface area contributed by atoms with Crippen molar-refractivity contribution in [3.63, 3.8) is 0 Å². The van der Waals surface area contributed by atoms with Crippen LogP contribution in [0.1, 0.15) is 34.1 Å². The van der Waals surface area contributed by atoms with E-state index in [4.69, 9.17) is 9.05 Å². The Morgan fingerprint density at radius 2 is 2.00 bits per heavy atom. The van der Waals surface area contributed by atoms with Crippen molar-refractivity contribution in [3.05, 3.63) is 0 Å². The van der Waals surface area contributed by atoms with Crippen molar-refractivity contribution in [1.82, 2.24) is 0 Å². The molecule has 3 nitrogen and oxygen atoms in total. The second kappa shape index (κ2) is 3.13. The maximum Gasteiger partial charge on any atom is 0.336 e. The summed E-state index contributed by atoms with van der Waals surface area (Å²) >= 11 is 0. The molecule has 0 N–H and O–H groups in total. The van der Waals surface area contributed by atoms with Gasteiger partial charge in [0.1, 0.15) is 0 Å². The van der Waals surface area contributed by atoms with E-state index in [9.17, 15) is 4.57 Å². The lowest BCUT2D eigenvalue weighted by molar-refractivity contribution is 0.0828. The van der Waals surface area contributed by atoms with Crippen LogP contribution in [0.4, 0.5) is 0 Å². The lowest BCUT2D eigenvalue weighted by atomic mass is 10.3. The van der Waals surface area contributed by atoms with Crippen molar-refractivity contribution >= 4 is 7.60 Å². The van der Waals surface area contributed by atoms with Crippen LogP contribution in [0.15, 0.2) is 0 Å². The Balaban J connectivity index is 2.78. The van der Waals surface area contributed by atoms with E-state index in [2.05, 4.69) is 0 Å². The van der Waals surface area contributed by atoms with E-state index in [1.807, 2.05) is 27.7 Å². The Bertz CT molecular complexity index is 207. The maximum atomic E-state index is 12.0. The van der Waals surface area contributed by atoms with E-state index in [1.54, 1.807) is 0 Å². The number of rotatable bonds is 0. The molecule has 1 saturated heterocycles. The van der Waals surface area contributed by atoms with Crippen molar-refractivity contribution in [1.29, 1.82) is 0 Å². The van der Waals surface area contributed by atoms with Crippen LogP contribution in [-0.2, 0) is 13.6 Å². The van der Waals surface area contributed by atoms with Gasteiger partial charge in [-0.15, -0.1) is 0 Å². The summed E-state index contributed by atoms with van der Waals surface area (Å²) in [5.74, 6) is 0. The second-order valence-electron chi connectivity index (χ2n) is 4.21. The van der Waals surface area contributed by atoms with Gasteiger partial charge >= 0.3 is 7.60 Å². The molecule has 0 aromatic rings. The first-order valence-corrected chi connectivity index (χ1v) is 5.82. The van der Waals surface area contributed by atoms with Crippen LogP contribution < -0.4 is 0 Å². The summed E-state index contributed by atoms with van der Waals surface area (Å²) in [4.78, 5) is 0. The molecule has 0 aliphatic carbocycles. The van der Waals surface area contributed by atoms with E-state index < -0.39 is 12.8 Å². The molecule has 2 atom stereocenters. The maximum absolute atomic E-state index is 12.0. The minimum absolute atomic E-state index is 0.0591. The minimum atomic E-state index is -2.85. The molecule has 2 unspecified atom stereocenters. The van der Waals surface area contributed by atoms with Crippen LogP contribution in [0.3, 0.4) is 0 Å². The van der Waals surface area contributed by atoms with Crippen LogP contribution in [-0.4, -0.2) is 17.9 Å². The molecule has 0 bridgehead atoms. The Kier molecular flexibility index (Phi) is 2.67. The predicted octanol–water partition coefficient (Wildman–Crippen LogP) is 2.80. The fraction of sp³-hybridized carbons (Fsp3) is 1.00. The summed E-state index contributed by atoms with van der Waals surface area (Å²) in [5.41, 5.74) is 0. The molecule has 0 spiro atoms. The fourth-order valence-corrected chi connectivity index (χ4v) is 2.70. The third kappa shape index (κ3) is 1.90. The highest BCUT2D eigenvalue weighted by molar-refractivity contribution is 7.55. The van der Waals surface area contributed by atoms with Crippen LogP contribution in [0.25, 0.3) is 0 Å². The summed E-state index contributed by atoms with van der Waals surface area (Å²) in [6.07, 6.45) is 0.892. The van der Waals surface area contributed by atoms with Gasteiger partial charge in [0.15, 0.2) is 0 Å². The largest absolute Gasteiger partial charge is 0.336 e. The lowest BCUT2D eigenvalue weighted by Gasteiger charge is -2.35. The lowest BCUT2D eigenvalue weighted by Crippen LogP contribution is -2.27. The van der Waals surface area contributed by atoms with Crippen molar-refractivity contribution in [2.45, 2.75) is 45.4 Å². The molecule has 12 heavy (non-hydrogen) atoms. The zero-order valence-corrected chi connectivity index (χ0v) is 9.06. The third-order valence-electron chi connectivity index (χ3n) is 1.93. The fourth-order valence-electron chi connectivity index (χ4n) is 1.01. The Hall–Kier alpha value is 0.150. The predicted molar refractivity (Wildman–Crippen MR) is 48.5 cm³/mol. The van der Waals surface area contributed by atoms with Gasteiger partial charge in [-0.25, -0.2) is 0 Å². The third-order valence-corrected chi connectivity index (χ3v) is 4.73. The van der Waals surface area contributed by atoms with Crippen LogP contribution in [0, 0.1) is 0 Å². The smallest absolute Gasteiger partial charge is 0.308 e. The summed E-state index contributed by atoms with van der Waals surface area (Å²) in [6, 6.07) is 0. The van der Waals surface area contributed by atoms with E-state index in [0.717, 1.165) is 6.42 Å². The second-order valence-corrected chi connectivity index (χ2v) is 7.01. The standard InChI is InChI=1S/C8H17O3P/c1-7-5-6-10-12(9,11-7)8(2,3)4/h7H,5-6H2,1-4H3. The molecule has 0 amide bonds. The molecule has 0 saturated carbocycles. The molecule has 0 aromatic heterocycles. The quantitative estimate of drug-likeness (QED) is 0.553. The van der Waals surface area contributed by atoms with Gasteiger partial charge in [0.25, 0.3) is 0 Å². The molecule has 72 valence electrons. The van der Waals surface area contributed by atoms with Gasteiger partial charge in [-0.3, -0.25) is 4.57 Å². The summed E-state index contributed by atoms with van der Waals surface area (Å²) in [7, 11) is -2.85. The van der Waals surface area contributed by atoms with E-state index in [0.29, 0.717) is 6.61 Å². The first-order valence-electron chi connectivity index (χ1n) is 4.28. The molecule has 4 heteroatoms. The van der Waals surface area contributed by atoms with Crippen LogP contribution in [0.5, 0.6) is 0 Å². The zero-order chi connectivity index (χ0) is 9.41. The van der Waals surface area contributed by atoms with Gasteiger partial charge in [0, 0.05) is 0 Å². The minimum Gasteiger partial charge on any atom is -0.308 e. The Labute approximate surface area is 74.0 Å². The van der Waals surface area contributed by atoms with E-state index in [-0.39, 0.29) is 6.10 Å². The monoisotopic (exact) mass is 192 g/mol. The van der Waals surface area contributed by atoms with E-state index >= 15 is 0 Å². The van der Waals surface area contributed by atoms with Crippen molar-refractivity contribution in [2.75, 3.05) is 6.61 Å². The average Bonchev–Trinajstić information content (AvgIpc) is 1.83. The van der Waals surface area contributed by atoms with Crippen molar-refractivity contribution in [2.24, 2.45) is 0 Å². The highest BCUT2D eigenvalue weighted by atomic mass is 31.2. The topological polar surface area (TPSA) is 35.5 Å². The Morgan fingerprint density at radius 1 is 1.42 bits per heavy atom. The average molecular weight is 192 g/mol. The highest BCUT2D eigenvalue weighted by Gasteiger charge is 2.43. The van der Waals surface area contributed by atoms with Gasteiger partial charge in [0.05, 0.1) is 17.9 Å². The van der Waals surface area contributed by atoms with Gasteiger partial charge in [-0.2, -0.15) is 0 Å². The van der Waals surface area contributed by atoms with Crippen LogP contribution in [0.2, 0.25) is 0 Å². The molecule has 1 rings (SSSR count). The molecule has 0 aromatic carbocycles. The molecule has 0 radical (unpaired) electrons. The van der Waals surface area contributed by atoms with Gasteiger partial charge in [0.2, 0.25) is 0 Å². The van der Waals surface area contributed by atoms with Crippen molar-refractivity contribution in [3.8, 4) is 0 Å². The SMILES string of the molecule is CC1CCOP(=O)(C(C)(C)C)O1. The summed E-state index contributed by atoms with van der Waals surface area (Å²) in [5, 5.41) is -0.401. The molecular weight excluding hydrogens is 175 g/mol. The molecule has 1 aliphatic heterocycles. The summed E-state index contributed by atoms with van der Waals surface area (Å²) < 4.78 is 22.6. The van der Waals surface area contributed by atoms with Crippen LogP contribution >= 0.6 is 7.60 Å². The molecule has 1 aliphatic rings. The van der Waals surface area contributed by atoms with Crippen molar-refractivity contribution < 1.29 is 13.6 Å². The molecule has 1 heterocycles. The van der Waals surface area contributed by atoms with Gasteiger partial charge in [-0.05, 0) is 34.1 Å². The van der Waals surface area contributed by atoms with Gasteiger partial charge in [-0.1, -0.05) is 0 Å². The number of hydrogen-bond acceptors (Lipinski definition) is 3. The first kappa shape index (κ1) is 10.2. The highest BCUT2D eigenvalue weighted by Crippen LogP contribution is 2.62. The molecular formula is C8H17O3P. The Morgan fingerprint density at radius 3 is 2.33 bits per heavy atom. The first-order chi connectivity index (χ1) is 5.35. The summed E-state index contributed by atoms with van der Waals surface area (Å²) in [6.45, 7) is 8.13. The van der Waals surface area contributed by atoms with E-state index in [1.165, 1.54) is 0 Å². The normalized spacial score (nSPS) is 38.2. The number of hydrogen-bond donors (Lipinski definition) is 0. The van der Waals surface area contributed by atoms with Gasteiger partial charge < -0.3 is 9.05 Å². The molecule has 1 fully saturated rings.